The molecular weight excluding hydrogens is 254 g/mol. The Labute approximate surface area is 122 Å². The van der Waals surface area contributed by atoms with E-state index in [1.54, 1.807) is 11.9 Å². The second-order valence-electron chi connectivity index (χ2n) is 6.36. The minimum atomic E-state index is -0.0827. The molecule has 5 heteroatoms. The third-order valence-corrected chi connectivity index (χ3v) is 3.93. The summed E-state index contributed by atoms with van der Waals surface area (Å²) in [6.07, 6.45) is 3.98. The number of nitrogens with zero attached hydrogens (tertiary/aromatic N) is 1. The molecule has 3 N–H and O–H groups in total. The van der Waals surface area contributed by atoms with Crippen molar-refractivity contribution in [3.8, 4) is 0 Å². The van der Waals surface area contributed by atoms with Gasteiger partial charge in [-0.25, -0.2) is 0 Å². The van der Waals surface area contributed by atoms with Gasteiger partial charge < -0.3 is 16.0 Å². The van der Waals surface area contributed by atoms with Crippen molar-refractivity contribution in [3.63, 3.8) is 0 Å². The molecule has 116 valence electrons. The second-order valence-corrected chi connectivity index (χ2v) is 6.36. The zero-order valence-corrected chi connectivity index (χ0v) is 13.0. The van der Waals surface area contributed by atoms with Crippen LogP contribution >= 0.6 is 0 Å². The third-order valence-electron chi connectivity index (χ3n) is 3.93. The molecule has 0 saturated heterocycles. The van der Waals surface area contributed by atoms with Crippen molar-refractivity contribution in [2.45, 2.75) is 39.5 Å². The van der Waals surface area contributed by atoms with Crippen LogP contribution in [0, 0.1) is 17.8 Å². The Hall–Kier alpha value is -1.10. The largest absolute Gasteiger partial charge is 0.354 e. The van der Waals surface area contributed by atoms with Crippen LogP contribution < -0.4 is 11.1 Å². The maximum absolute atomic E-state index is 12.3. The highest BCUT2D eigenvalue weighted by atomic mass is 16.2. The van der Waals surface area contributed by atoms with E-state index < -0.39 is 0 Å². The van der Waals surface area contributed by atoms with Crippen LogP contribution in [0.5, 0.6) is 0 Å². The van der Waals surface area contributed by atoms with Crippen LogP contribution in [0.3, 0.4) is 0 Å². The minimum absolute atomic E-state index is 0.0419. The van der Waals surface area contributed by atoms with Crippen molar-refractivity contribution in [1.29, 1.82) is 0 Å². The number of hydrogen-bond acceptors (Lipinski definition) is 3. The van der Waals surface area contributed by atoms with Gasteiger partial charge in [0.1, 0.15) is 0 Å². The van der Waals surface area contributed by atoms with Crippen LogP contribution in [-0.4, -0.2) is 43.4 Å². The molecule has 1 fully saturated rings. The molecule has 20 heavy (non-hydrogen) atoms. The van der Waals surface area contributed by atoms with Gasteiger partial charge in [-0.05, 0) is 37.6 Å². The number of carbonyl (C=O) groups is 2. The van der Waals surface area contributed by atoms with Crippen molar-refractivity contribution >= 4 is 11.8 Å². The van der Waals surface area contributed by atoms with Gasteiger partial charge in [-0.3, -0.25) is 9.59 Å². The summed E-state index contributed by atoms with van der Waals surface area (Å²) in [5.41, 5.74) is 5.70. The van der Waals surface area contributed by atoms with E-state index in [1.807, 2.05) is 13.8 Å². The van der Waals surface area contributed by atoms with Gasteiger partial charge in [-0.15, -0.1) is 0 Å². The monoisotopic (exact) mass is 283 g/mol. The highest BCUT2D eigenvalue weighted by molar-refractivity contribution is 5.85. The lowest BCUT2D eigenvalue weighted by molar-refractivity contribution is -0.139. The Bertz CT molecular complexity index is 331. The summed E-state index contributed by atoms with van der Waals surface area (Å²) in [5.74, 6) is 0.924. The number of amides is 2. The second kappa shape index (κ2) is 8.25. The third kappa shape index (κ3) is 5.49. The van der Waals surface area contributed by atoms with Gasteiger partial charge in [-0.1, -0.05) is 20.3 Å². The quantitative estimate of drug-likeness (QED) is 0.763. The summed E-state index contributed by atoms with van der Waals surface area (Å²) in [6, 6.07) is 0. The summed E-state index contributed by atoms with van der Waals surface area (Å²) < 4.78 is 0. The molecule has 0 aromatic carbocycles. The SMILES string of the molecule is CC(C)CNC(=O)CN(C)C(=O)C1CCCC(CN)C1. The zero-order valence-electron chi connectivity index (χ0n) is 13.0. The van der Waals surface area contributed by atoms with Crippen molar-refractivity contribution in [1.82, 2.24) is 10.2 Å². The normalized spacial score (nSPS) is 22.6. The molecule has 0 heterocycles. The van der Waals surface area contributed by atoms with E-state index in [0.29, 0.717) is 24.9 Å². The summed E-state index contributed by atoms with van der Waals surface area (Å²) in [4.78, 5) is 25.6. The van der Waals surface area contributed by atoms with Crippen LogP contribution in [0.2, 0.25) is 0 Å². The van der Waals surface area contributed by atoms with E-state index in [1.165, 1.54) is 0 Å². The first-order chi connectivity index (χ1) is 9.43. The topological polar surface area (TPSA) is 75.4 Å². The predicted octanol–water partition coefficient (Wildman–Crippen LogP) is 0.982. The number of nitrogens with one attached hydrogen (secondary N) is 1. The molecule has 5 nitrogen and oxygen atoms in total. The minimum Gasteiger partial charge on any atom is -0.354 e. The smallest absolute Gasteiger partial charge is 0.239 e. The molecule has 0 aromatic rings. The zero-order chi connectivity index (χ0) is 15.1. The van der Waals surface area contributed by atoms with E-state index in [2.05, 4.69) is 5.32 Å². The fraction of sp³-hybridized carbons (Fsp3) is 0.867. The van der Waals surface area contributed by atoms with Crippen LogP contribution in [0.1, 0.15) is 39.5 Å². The number of nitrogens with two attached hydrogens (primary N) is 1. The highest BCUT2D eigenvalue weighted by Crippen LogP contribution is 2.29. The number of hydrogen-bond donors (Lipinski definition) is 2. The maximum Gasteiger partial charge on any atom is 0.239 e. The first-order valence-electron chi connectivity index (χ1n) is 7.65. The van der Waals surface area contributed by atoms with Gasteiger partial charge in [-0.2, -0.15) is 0 Å². The molecule has 0 bridgehead atoms. The van der Waals surface area contributed by atoms with Gasteiger partial charge in [0.2, 0.25) is 11.8 Å². The van der Waals surface area contributed by atoms with Crippen LogP contribution in [-0.2, 0) is 9.59 Å². The van der Waals surface area contributed by atoms with E-state index in [9.17, 15) is 9.59 Å². The van der Waals surface area contributed by atoms with Crippen molar-refractivity contribution < 1.29 is 9.59 Å². The average molecular weight is 283 g/mol. The predicted molar refractivity (Wildman–Crippen MR) is 80.0 cm³/mol. The Balaban J connectivity index is 2.40. The summed E-state index contributed by atoms with van der Waals surface area (Å²) in [6.45, 7) is 5.55. The molecule has 1 saturated carbocycles. The molecule has 0 aliphatic heterocycles. The molecule has 1 aliphatic rings. The Morgan fingerprint density at radius 2 is 2.05 bits per heavy atom. The van der Waals surface area contributed by atoms with E-state index in [4.69, 9.17) is 5.73 Å². The summed E-state index contributed by atoms with van der Waals surface area (Å²) >= 11 is 0. The Morgan fingerprint density at radius 3 is 2.65 bits per heavy atom. The van der Waals surface area contributed by atoms with Gasteiger partial charge in [0.05, 0.1) is 6.54 Å². The van der Waals surface area contributed by atoms with Crippen LogP contribution in [0.25, 0.3) is 0 Å². The molecule has 0 aromatic heterocycles. The van der Waals surface area contributed by atoms with Crippen LogP contribution in [0.15, 0.2) is 0 Å². The van der Waals surface area contributed by atoms with Gasteiger partial charge in [0.25, 0.3) is 0 Å². The van der Waals surface area contributed by atoms with Crippen molar-refractivity contribution in [2.75, 3.05) is 26.7 Å². The molecule has 2 unspecified atom stereocenters. The number of carbonyl (C=O) groups excluding carboxylic acids is 2. The summed E-state index contributed by atoms with van der Waals surface area (Å²) in [5, 5.41) is 2.84. The lowest BCUT2D eigenvalue weighted by Crippen LogP contribution is -2.43. The maximum atomic E-state index is 12.3. The molecule has 1 rings (SSSR count). The van der Waals surface area contributed by atoms with Crippen molar-refractivity contribution in [3.05, 3.63) is 0 Å². The van der Waals surface area contributed by atoms with E-state index in [-0.39, 0.29) is 24.3 Å². The van der Waals surface area contributed by atoms with E-state index >= 15 is 0 Å². The van der Waals surface area contributed by atoms with Gasteiger partial charge in [0.15, 0.2) is 0 Å². The highest BCUT2D eigenvalue weighted by Gasteiger charge is 2.29. The molecule has 0 radical (unpaired) electrons. The molecular formula is C15H29N3O2. The Kier molecular flexibility index (Phi) is 6.99. The Morgan fingerprint density at radius 1 is 1.35 bits per heavy atom. The molecule has 0 spiro atoms. The lowest BCUT2D eigenvalue weighted by Gasteiger charge is -2.30. The lowest BCUT2D eigenvalue weighted by atomic mass is 9.81. The number of likely N-dealkylation sites (N-methyl/N-ethyl adjacent to an activating group) is 1. The van der Waals surface area contributed by atoms with Gasteiger partial charge in [0, 0.05) is 19.5 Å². The molecule has 2 amide bonds. The standard InChI is InChI=1S/C15H29N3O2/c1-11(2)9-17-14(19)10-18(3)15(20)13-6-4-5-12(7-13)8-16/h11-13H,4-10,16H2,1-3H3,(H,17,19). The first kappa shape index (κ1) is 17.0. The number of rotatable bonds is 6. The van der Waals surface area contributed by atoms with Gasteiger partial charge >= 0.3 is 0 Å². The fourth-order valence-electron chi connectivity index (χ4n) is 2.71. The molecule has 1 aliphatic carbocycles. The van der Waals surface area contributed by atoms with Crippen LogP contribution in [0.4, 0.5) is 0 Å². The average Bonchev–Trinajstić information content (AvgIpc) is 2.44. The van der Waals surface area contributed by atoms with E-state index in [0.717, 1.165) is 25.7 Å². The summed E-state index contributed by atoms with van der Waals surface area (Å²) in [7, 11) is 1.71. The van der Waals surface area contributed by atoms with Crippen molar-refractivity contribution in [2.24, 2.45) is 23.5 Å². The molecule has 2 atom stereocenters. The first-order valence-corrected chi connectivity index (χ1v) is 7.65. The fourth-order valence-corrected chi connectivity index (χ4v) is 2.71.